The molecule has 0 heterocycles. The molecule has 2 unspecified atom stereocenters. The van der Waals surface area contributed by atoms with Crippen LogP contribution in [0.4, 0.5) is 0 Å². The molecular formula is C27H44O3. The fourth-order valence-corrected chi connectivity index (χ4v) is 6.73. The van der Waals surface area contributed by atoms with Crippen molar-refractivity contribution in [2.75, 3.05) is 6.61 Å². The van der Waals surface area contributed by atoms with Gasteiger partial charge < -0.3 is 15.3 Å². The maximum atomic E-state index is 11.5. The van der Waals surface area contributed by atoms with E-state index in [1.807, 2.05) is 0 Å². The van der Waals surface area contributed by atoms with Crippen LogP contribution in [0.3, 0.4) is 0 Å². The van der Waals surface area contributed by atoms with E-state index in [0.29, 0.717) is 17.8 Å². The van der Waals surface area contributed by atoms with E-state index < -0.39 is 5.60 Å². The lowest BCUT2D eigenvalue weighted by molar-refractivity contribution is -0.0660. The van der Waals surface area contributed by atoms with Gasteiger partial charge in [0.25, 0.3) is 0 Å². The molecule has 0 bridgehead atoms. The lowest BCUT2D eigenvalue weighted by Crippen LogP contribution is -2.45. The number of fused-ring (bicyclic) bond motifs is 1. The van der Waals surface area contributed by atoms with Gasteiger partial charge in [0.1, 0.15) is 0 Å². The molecule has 0 radical (unpaired) electrons. The van der Waals surface area contributed by atoms with Crippen LogP contribution in [0.25, 0.3) is 0 Å². The largest absolute Gasteiger partial charge is 0.396 e. The third-order valence-corrected chi connectivity index (χ3v) is 8.59. The summed E-state index contributed by atoms with van der Waals surface area (Å²) in [5.41, 5.74) is 3.46. The Balaban J connectivity index is 1.72. The van der Waals surface area contributed by atoms with Crippen LogP contribution in [0, 0.1) is 23.2 Å². The average Bonchev–Trinajstić information content (AvgIpc) is 3.06. The smallest absolute Gasteiger partial charge is 0.0653 e. The summed E-state index contributed by atoms with van der Waals surface area (Å²) in [7, 11) is 0. The standard InChI is InChI=1S/C27H44O3/c1-19(18-28)7-5-16-27(4,30)25-14-13-24-21(8-6-15-26(24,25)3)10-11-22-17-23(29)12-9-20(22)2/h10-11,19,23-25,28-30H,2,5-9,12-18H2,1,3-4H3/b21-10?,22-11-/t19?,23-,24?,25-,26-,27-/m0/s1. The summed E-state index contributed by atoms with van der Waals surface area (Å²) >= 11 is 0. The summed E-state index contributed by atoms with van der Waals surface area (Å²) in [6.45, 7) is 11.0. The lowest BCUT2D eigenvalue weighted by atomic mass is 9.59. The van der Waals surface area contributed by atoms with Crippen LogP contribution in [0.15, 0.2) is 35.5 Å². The van der Waals surface area contributed by atoms with Crippen LogP contribution in [0.5, 0.6) is 0 Å². The first kappa shape index (κ1) is 23.8. The van der Waals surface area contributed by atoms with E-state index in [2.05, 4.69) is 39.5 Å². The van der Waals surface area contributed by atoms with Crippen LogP contribution >= 0.6 is 0 Å². The first-order valence-corrected chi connectivity index (χ1v) is 12.3. The summed E-state index contributed by atoms with van der Waals surface area (Å²) in [6, 6.07) is 0. The molecule has 30 heavy (non-hydrogen) atoms. The van der Waals surface area contributed by atoms with Crippen LogP contribution in [-0.2, 0) is 0 Å². The Morgan fingerprint density at radius 1 is 1.23 bits per heavy atom. The molecule has 0 aromatic carbocycles. The third kappa shape index (κ3) is 5.11. The molecule has 3 nitrogen and oxygen atoms in total. The van der Waals surface area contributed by atoms with Gasteiger partial charge in [-0.3, -0.25) is 0 Å². The zero-order chi connectivity index (χ0) is 21.9. The van der Waals surface area contributed by atoms with Crippen molar-refractivity contribution < 1.29 is 15.3 Å². The van der Waals surface area contributed by atoms with Gasteiger partial charge in [-0.1, -0.05) is 50.1 Å². The van der Waals surface area contributed by atoms with Crippen molar-refractivity contribution in [2.45, 2.75) is 103 Å². The molecule has 3 rings (SSSR count). The van der Waals surface area contributed by atoms with E-state index >= 15 is 0 Å². The zero-order valence-corrected chi connectivity index (χ0v) is 19.5. The van der Waals surface area contributed by atoms with Crippen molar-refractivity contribution in [1.82, 2.24) is 0 Å². The highest BCUT2D eigenvalue weighted by Crippen LogP contribution is 2.60. The number of aliphatic hydroxyl groups is 3. The molecular weight excluding hydrogens is 372 g/mol. The fourth-order valence-electron chi connectivity index (χ4n) is 6.73. The molecule has 3 saturated carbocycles. The minimum Gasteiger partial charge on any atom is -0.396 e. The van der Waals surface area contributed by atoms with Crippen molar-refractivity contribution in [3.8, 4) is 0 Å². The van der Waals surface area contributed by atoms with Gasteiger partial charge in [-0.2, -0.15) is 0 Å². The van der Waals surface area contributed by atoms with Crippen LogP contribution < -0.4 is 0 Å². The second-order valence-corrected chi connectivity index (χ2v) is 11.0. The molecule has 0 aromatic heterocycles. The van der Waals surface area contributed by atoms with E-state index in [0.717, 1.165) is 51.4 Å². The van der Waals surface area contributed by atoms with Gasteiger partial charge in [-0.25, -0.2) is 0 Å². The highest BCUT2D eigenvalue weighted by Gasteiger charge is 2.54. The Bertz CT molecular complexity index is 674. The van der Waals surface area contributed by atoms with Gasteiger partial charge in [0.2, 0.25) is 0 Å². The first-order chi connectivity index (χ1) is 14.2. The second-order valence-electron chi connectivity index (χ2n) is 11.0. The van der Waals surface area contributed by atoms with Crippen LogP contribution in [0.2, 0.25) is 0 Å². The number of allylic oxidation sites excluding steroid dienone is 4. The number of rotatable bonds is 7. The Morgan fingerprint density at radius 3 is 2.73 bits per heavy atom. The van der Waals surface area contributed by atoms with Gasteiger partial charge in [0, 0.05) is 6.61 Å². The van der Waals surface area contributed by atoms with Crippen LogP contribution in [0.1, 0.15) is 91.4 Å². The topological polar surface area (TPSA) is 60.7 Å². The normalized spacial score (nSPS) is 37.9. The molecule has 0 spiro atoms. The maximum absolute atomic E-state index is 11.5. The molecule has 0 saturated heterocycles. The van der Waals surface area contributed by atoms with Crippen molar-refractivity contribution in [3.63, 3.8) is 0 Å². The van der Waals surface area contributed by atoms with E-state index in [9.17, 15) is 15.3 Å². The van der Waals surface area contributed by atoms with E-state index in [1.54, 1.807) is 0 Å². The van der Waals surface area contributed by atoms with Crippen LogP contribution in [-0.4, -0.2) is 33.6 Å². The SMILES string of the molecule is C=C1CC[C@H](O)C/C1=C/C=C1CCC[C@@]2(C)C1CC[C@@H]2[C@@](C)(O)CCCC(C)CO. The molecule has 3 N–H and O–H groups in total. The van der Waals surface area contributed by atoms with E-state index in [1.165, 1.54) is 36.0 Å². The molecule has 6 atom stereocenters. The minimum absolute atomic E-state index is 0.164. The minimum atomic E-state index is -0.638. The van der Waals surface area contributed by atoms with Crippen molar-refractivity contribution in [1.29, 1.82) is 0 Å². The quantitative estimate of drug-likeness (QED) is 0.498. The van der Waals surface area contributed by atoms with Crippen molar-refractivity contribution in [2.24, 2.45) is 23.2 Å². The highest BCUT2D eigenvalue weighted by atomic mass is 16.3. The molecule has 170 valence electrons. The third-order valence-electron chi connectivity index (χ3n) is 8.59. The Hall–Kier alpha value is -0.900. The van der Waals surface area contributed by atoms with Gasteiger partial charge in [-0.15, -0.1) is 0 Å². The lowest BCUT2D eigenvalue weighted by Gasteiger charge is -2.47. The monoisotopic (exact) mass is 416 g/mol. The molecule has 3 heteroatoms. The van der Waals surface area contributed by atoms with Gasteiger partial charge in [0.05, 0.1) is 11.7 Å². The van der Waals surface area contributed by atoms with Gasteiger partial charge in [0.15, 0.2) is 0 Å². The number of hydrogen-bond donors (Lipinski definition) is 3. The second kappa shape index (κ2) is 9.71. The molecule has 3 aliphatic rings. The molecule has 0 aliphatic heterocycles. The summed E-state index contributed by atoms with van der Waals surface area (Å²) in [5.74, 6) is 1.21. The fraction of sp³-hybridized carbons (Fsp3) is 0.778. The molecule has 3 fully saturated rings. The summed E-state index contributed by atoms with van der Waals surface area (Å²) < 4.78 is 0. The Kier molecular flexibility index (Phi) is 7.69. The van der Waals surface area contributed by atoms with Crippen molar-refractivity contribution >= 4 is 0 Å². The highest BCUT2D eigenvalue weighted by molar-refractivity contribution is 5.36. The first-order valence-electron chi connectivity index (χ1n) is 12.3. The van der Waals surface area contributed by atoms with E-state index in [4.69, 9.17) is 0 Å². The Labute approximate surface area is 184 Å². The molecule has 0 aromatic rings. The van der Waals surface area contributed by atoms with Gasteiger partial charge >= 0.3 is 0 Å². The average molecular weight is 417 g/mol. The molecule has 0 amide bonds. The van der Waals surface area contributed by atoms with E-state index in [-0.39, 0.29) is 18.1 Å². The summed E-state index contributed by atoms with van der Waals surface area (Å²) in [4.78, 5) is 0. The number of hydrogen-bond acceptors (Lipinski definition) is 3. The van der Waals surface area contributed by atoms with Gasteiger partial charge in [-0.05, 0) is 99.9 Å². The maximum Gasteiger partial charge on any atom is 0.0653 e. The molecule has 3 aliphatic carbocycles. The Morgan fingerprint density at radius 2 is 2.00 bits per heavy atom. The predicted octanol–water partition coefficient (Wildman–Crippen LogP) is 5.71. The summed E-state index contributed by atoms with van der Waals surface area (Å²) in [5, 5.41) is 30.8. The predicted molar refractivity (Wildman–Crippen MR) is 124 cm³/mol. The van der Waals surface area contributed by atoms with Crippen molar-refractivity contribution in [3.05, 3.63) is 35.5 Å². The number of aliphatic hydroxyl groups excluding tert-OH is 2. The zero-order valence-electron chi connectivity index (χ0n) is 19.5. The summed E-state index contributed by atoms with van der Waals surface area (Å²) in [6.07, 6.45) is 15.4.